The number of carbonyl (C=O) groups is 3. The van der Waals surface area contributed by atoms with E-state index in [-0.39, 0.29) is 72.1 Å². The summed E-state index contributed by atoms with van der Waals surface area (Å²) in [6, 6.07) is 24.9. The molecule has 0 bridgehead atoms. The molecule has 4 aromatic rings. The average molecular weight is 981 g/mol. The summed E-state index contributed by atoms with van der Waals surface area (Å²) in [7, 11) is -9.02. The average Bonchev–Trinajstić information content (AvgIpc) is 3.27. The summed E-state index contributed by atoms with van der Waals surface area (Å²) in [4.78, 5) is 39.8. The lowest BCUT2D eigenvalue weighted by atomic mass is 9.97. The number of rotatable bonds is 26. The third-order valence-electron chi connectivity index (χ3n) is 10.2. The van der Waals surface area contributed by atoms with E-state index in [0.29, 0.717) is 0 Å². The summed E-state index contributed by atoms with van der Waals surface area (Å²) in [5.41, 5.74) is 7.03. The minimum absolute atomic E-state index is 0.00153. The third kappa shape index (κ3) is 18.2. The monoisotopic (exact) mass is 980 g/mol. The Labute approximate surface area is 401 Å². The van der Waals surface area contributed by atoms with Gasteiger partial charge in [-0.3, -0.25) is 9.59 Å². The zero-order valence-electron chi connectivity index (χ0n) is 39.8. The van der Waals surface area contributed by atoms with Crippen LogP contribution in [0.15, 0.2) is 119 Å². The Morgan fingerprint density at radius 1 is 0.662 bits per heavy atom. The second-order valence-corrected chi connectivity index (χ2v) is 21.7. The predicted molar refractivity (Wildman–Crippen MR) is 259 cm³/mol. The topological polar surface area (TPSA) is 254 Å². The van der Waals surface area contributed by atoms with Gasteiger partial charge in [0.25, 0.3) is 0 Å². The van der Waals surface area contributed by atoms with Gasteiger partial charge in [0.05, 0.1) is 18.2 Å². The van der Waals surface area contributed by atoms with Crippen LogP contribution in [0, 0.1) is 11.8 Å². The summed E-state index contributed by atoms with van der Waals surface area (Å²) >= 11 is 0. The van der Waals surface area contributed by atoms with Gasteiger partial charge in [-0.2, -0.15) is 0 Å². The first-order valence-corrected chi connectivity index (χ1v) is 25.6. The summed E-state index contributed by atoms with van der Waals surface area (Å²) in [6.45, 7) is 11.6. The van der Waals surface area contributed by atoms with Crippen molar-refractivity contribution in [2.75, 3.05) is 13.1 Å². The summed E-state index contributed by atoms with van der Waals surface area (Å²) in [5.74, 6) is -1.38. The number of aliphatic hydroxyl groups is 1. The number of nitrogens with two attached hydrogens (primary N) is 1. The molecule has 19 heteroatoms. The lowest BCUT2D eigenvalue weighted by Gasteiger charge is -2.33. The second-order valence-electron chi connectivity index (χ2n) is 18.3. The van der Waals surface area contributed by atoms with Gasteiger partial charge in [-0.1, -0.05) is 113 Å². The maximum absolute atomic E-state index is 14.5. The van der Waals surface area contributed by atoms with Crippen LogP contribution in [0.3, 0.4) is 0 Å². The molecular weight excluding hydrogens is 913 g/mol. The molecule has 5 atom stereocenters. The number of alkyl carbamates (subject to hydrolysis) is 1. The fraction of sp³-hybridized carbons (Fsp3) is 0.449. The van der Waals surface area contributed by atoms with E-state index in [2.05, 4.69) is 25.4 Å². The number of aliphatic hydroxyl groups excluding tert-OH is 1. The van der Waals surface area contributed by atoms with Crippen LogP contribution in [0.2, 0.25) is 0 Å². The highest BCUT2D eigenvalue weighted by Gasteiger charge is 2.37. The quantitative estimate of drug-likeness (QED) is 0.0432. The molecule has 3 unspecified atom stereocenters. The molecule has 4 aromatic carbocycles. The normalized spacial score (nSPS) is 14.3. The first-order valence-electron chi connectivity index (χ1n) is 22.6. The van der Waals surface area contributed by atoms with Crippen LogP contribution >= 0.6 is 0 Å². The molecule has 0 spiro atoms. The number of nitrogens with one attached hydrogen (secondary N) is 5. The number of sulfonamides is 2. The molecule has 0 aliphatic rings. The molecule has 8 N–H and O–H groups in total. The van der Waals surface area contributed by atoms with Crippen LogP contribution in [0.1, 0.15) is 78.9 Å². The minimum atomic E-state index is -4.60. The van der Waals surface area contributed by atoms with E-state index in [1.807, 2.05) is 88.4 Å². The highest BCUT2D eigenvalue weighted by atomic mass is 32.2. The van der Waals surface area contributed by atoms with Gasteiger partial charge in [0.15, 0.2) is 0 Å². The first kappa shape index (κ1) is 55.0. The number of amides is 3. The van der Waals surface area contributed by atoms with Crippen molar-refractivity contribution in [3.05, 3.63) is 120 Å². The molecule has 0 saturated heterocycles. The molecule has 0 aliphatic carbocycles. The molecule has 0 aromatic heterocycles. The van der Waals surface area contributed by atoms with E-state index in [9.17, 15) is 36.3 Å². The van der Waals surface area contributed by atoms with E-state index in [1.54, 1.807) is 32.9 Å². The van der Waals surface area contributed by atoms with Crippen molar-refractivity contribution in [1.82, 2.24) is 25.4 Å². The molecule has 0 saturated carbocycles. The Hall–Kier alpha value is -5.57. The number of carbonyl (C=O) groups excluding carboxylic acids is 3. The third-order valence-corrected chi connectivity index (χ3v) is 13.2. The Kier molecular flexibility index (Phi) is 20.8. The van der Waals surface area contributed by atoms with Crippen molar-refractivity contribution < 1.29 is 50.5 Å². The summed E-state index contributed by atoms with van der Waals surface area (Å²) < 4.78 is 79.3. The van der Waals surface area contributed by atoms with Crippen LogP contribution in [0.25, 0.3) is 0 Å². The zero-order chi connectivity index (χ0) is 50.1. The van der Waals surface area contributed by atoms with Gasteiger partial charge in [-0.15, -0.1) is 0 Å². The standard InChI is InChI=1S/C49H68N6O11S2/c1-33(2)28-37(50)46(57)54-45(40(56)30-52-67(60,61)43-24-16-14-22-41(43)64-31-35-18-10-8-11-19-35)38(26-27-51-47(58)39(29-34(3)4)53-48(59)66-49(5,6)7)55-68(62,63)44-25-17-15-23-42(44)65-32-36-20-12-9-13-21-36/h8-25,33-34,37-40,45,52,55-56H,26-32,50H2,1-7H3,(H,51,58)(H,53,59)(H,54,57)/t37-,38?,39-,40?,45?/m0/s1. The van der Waals surface area contributed by atoms with Gasteiger partial charge < -0.3 is 41.0 Å². The van der Waals surface area contributed by atoms with E-state index >= 15 is 0 Å². The lowest BCUT2D eigenvalue weighted by Crippen LogP contribution is -2.62. The molecule has 372 valence electrons. The fourth-order valence-corrected chi connectivity index (χ4v) is 9.64. The molecule has 0 radical (unpaired) electrons. The fourth-order valence-electron chi connectivity index (χ4n) is 7.01. The van der Waals surface area contributed by atoms with Crippen molar-refractivity contribution >= 4 is 38.0 Å². The first-order chi connectivity index (χ1) is 32.0. The van der Waals surface area contributed by atoms with Gasteiger partial charge in [-0.25, -0.2) is 31.1 Å². The largest absolute Gasteiger partial charge is 0.487 e. The Balaban J connectivity index is 1.70. The second kappa shape index (κ2) is 25.7. The van der Waals surface area contributed by atoms with E-state index < -0.39 is 80.4 Å². The van der Waals surface area contributed by atoms with Crippen molar-refractivity contribution in [3.63, 3.8) is 0 Å². The number of benzene rings is 4. The highest BCUT2D eigenvalue weighted by Crippen LogP contribution is 2.27. The molecule has 4 rings (SSSR count). The zero-order valence-corrected chi connectivity index (χ0v) is 41.4. The van der Waals surface area contributed by atoms with Crippen molar-refractivity contribution in [1.29, 1.82) is 0 Å². The summed E-state index contributed by atoms with van der Waals surface area (Å²) in [5, 5.41) is 20.1. The van der Waals surface area contributed by atoms with Crippen LogP contribution in [0.5, 0.6) is 11.5 Å². The van der Waals surface area contributed by atoms with Crippen molar-refractivity contribution in [2.24, 2.45) is 17.6 Å². The molecule has 0 fully saturated rings. The highest BCUT2D eigenvalue weighted by molar-refractivity contribution is 7.90. The number of para-hydroxylation sites is 2. The smallest absolute Gasteiger partial charge is 0.408 e. The molecule has 3 amide bonds. The van der Waals surface area contributed by atoms with Gasteiger partial charge >= 0.3 is 6.09 Å². The van der Waals surface area contributed by atoms with Gasteiger partial charge in [0.1, 0.15) is 46.1 Å². The van der Waals surface area contributed by atoms with Gasteiger partial charge in [0, 0.05) is 19.1 Å². The number of hydrogen-bond donors (Lipinski definition) is 7. The van der Waals surface area contributed by atoms with Crippen molar-refractivity contribution in [2.45, 2.75) is 127 Å². The van der Waals surface area contributed by atoms with Crippen LogP contribution < -0.4 is 40.6 Å². The number of hydrogen-bond acceptors (Lipinski definition) is 12. The van der Waals surface area contributed by atoms with Crippen LogP contribution in [-0.4, -0.2) is 88.8 Å². The SMILES string of the molecule is CC(C)C[C@H](NC(=O)OC(C)(C)C)C(=O)NCCC(NS(=O)(=O)c1ccccc1OCc1ccccc1)C(NC(=O)[C@@H](N)CC(C)C)C(O)CNS(=O)(=O)c1ccccc1OCc1ccccc1. The van der Waals surface area contributed by atoms with E-state index in [0.717, 1.165) is 11.1 Å². The Bertz CT molecular complexity index is 2450. The minimum Gasteiger partial charge on any atom is -0.487 e. The molecule has 0 heterocycles. The lowest BCUT2D eigenvalue weighted by molar-refractivity contribution is -0.125. The molecule has 17 nitrogen and oxygen atoms in total. The summed E-state index contributed by atoms with van der Waals surface area (Å²) in [6.07, 6.45) is -2.45. The Morgan fingerprint density at radius 3 is 1.65 bits per heavy atom. The predicted octanol–water partition coefficient (Wildman–Crippen LogP) is 5.13. The van der Waals surface area contributed by atoms with E-state index in [1.165, 1.54) is 36.4 Å². The molecule has 68 heavy (non-hydrogen) atoms. The van der Waals surface area contributed by atoms with E-state index in [4.69, 9.17) is 19.9 Å². The van der Waals surface area contributed by atoms with Crippen LogP contribution in [0.4, 0.5) is 4.79 Å². The van der Waals surface area contributed by atoms with Gasteiger partial charge in [0.2, 0.25) is 31.9 Å². The van der Waals surface area contributed by atoms with Crippen LogP contribution in [-0.2, 0) is 47.6 Å². The van der Waals surface area contributed by atoms with Gasteiger partial charge in [-0.05, 0) is 87.3 Å². The maximum Gasteiger partial charge on any atom is 0.408 e. The Morgan fingerprint density at radius 2 is 1.15 bits per heavy atom. The maximum atomic E-state index is 14.5. The van der Waals surface area contributed by atoms with Crippen molar-refractivity contribution in [3.8, 4) is 11.5 Å². The molecular formula is C49H68N6O11S2. The molecule has 0 aliphatic heterocycles. The number of ether oxygens (including phenoxy) is 3.